The Hall–Kier alpha value is -0.350. The molecule has 0 amide bonds. The van der Waals surface area contributed by atoms with Gasteiger partial charge in [0.2, 0.25) is 0 Å². The number of rotatable bonds is 6. The summed E-state index contributed by atoms with van der Waals surface area (Å²) in [5, 5.41) is 3.84. The van der Waals surface area contributed by atoms with Gasteiger partial charge in [0.1, 0.15) is 5.82 Å². The maximum Gasteiger partial charge on any atom is 0.142 e. The third-order valence-electron chi connectivity index (χ3n) is 3.96. The molecule has 2 nitrogen and oxygen atoms in total. The lowest BCUT2D eigenvalue weighted by Gasteiger charge is -2.23. The van der Waals surface area contributed by atoms with Crippen molar-refractivity contribution in [1.82, 2.24) is 5.32 Å². The van der Waals surface area contributed by atoms with Gasteiger partial charge in [-0.3, -0.25) is 0 Å². The van der Waals surface area contributed by atoms with Crippen LogP contribution in [-0.4, -0.2) is 19.3 Å². The smallest absolute Gasteiger partial charge is 0.142 e. The summed E-state index contributed by atoms with van der Waals surface area (Å²) in [5.41, 5.74) is 0.719. The molecule has 1 aromatic rings. The standard InChI is InChI=1S/C16H22Cl2FNO/c1-11(13-9-16(19)15(18)10-14(13)17)20-7-8-21-12-5-3-2-4-6-12/h9-12,20H,2-8H2,1H3. The summed E-state index contributed by atoms with van der Waals surface area (Å²) in [4.78, 5) is 0. The van der Waals surface area contributed by atoms with E-state index < -0.39 is 5.82 Å². The molecule has 1 aliphatic carbocycles. The predicted molar refractivity (Wildman–Crippen MR) is 85.7 cm³/mol. The van der Waals surface area contributed by atoms with Gasteiger partial charge < -0.3 is 10.1 Å². The molecule has 1 atom stereocenters. The quantitative estimate of drug-likeness (QED) is 0.575. The van der Waals surface area contributed by atoms with E-state index in [9.17, 15) is 4.39 Å². The first-order valence-corrected chi connectivity index (χ1v) is 8.33. The van der Waals surface area contributed by atoms with E-state index in [1.807, 2.05) is 6.92 Å². The lowest BCUT2D eigenvalue weighted by atomic mass is 9.98. The molecule has 0 radical (unpaired) electrons. The third kappa shape index (κ3) is 5.10. The molecule has 0 aliphatic heterocycles. The van der Waals surface area contributed by atoms with Crippen molar-refractivity contribution >= 4 is 23.2 Å². The normalized spacial score (nSPS) is 17.9. The van der Waals surface area contributed by atoms with Crippen molar-refractivity contribution in [3.05, 3.63) is 33.6 Å². The van der Waals surface area contributed by atoms with Gasteiger partial charge in [0.25, 0.3) is 0 Å². The Labute approximate surface area is 136 Å². The molecule has 118 valence electrons. The van der Waals surface area contributed by atoms with E-state index in [0.717, 1.165) is 12.1 Å². The van der Waals surface area contributed by atoms with Crippen molar-refractivity contribution < 1.29 is 9.13 Å². The van der Waals surface area contributed by atoms with Gasteiger partial charge in [0.15, 0.2) is 0 Å². The van der Waals surface area contributed by atoms with Crippen molar-refractivity contribution in [3.63, 3.8) is 0 Å². The van der Waals surface area contributed by atoms with Crippen LogP contribution in [0.15, 0.2) is 12.1 Å². The number of hydrogen-bond acceptors (Lipinski definition) is 2. The highest BCUT2D eigenvalue weighted by molar-refractivity contribution is 6.35. The SMILES string of the molecule is CC(NCCOC1CCCCC1)c1cc(F)c(Cl)cc1Cl. The maximum absolute atomic E-state index is 13.5. The molecule has 1 fully saturated rings. The molecule has 1 N–H and O–H groups in total. The predicted octanol–water partition coefficient (Wildman–Crippen LogP) is 5.13. The minimum Gasteiger partial charge on any atom is -0.377 e. The van der Waals surface area contributed by atoms with Crippen LogP contribution in [0.25, 0.3) is 0 Å². The molecular formula is C16H22Cl2FNO. The second-order valence-corrected chi connectivity index (χ2v) is 6.41. The minimum absolute atomic E-state index is 0.0424. The second kappa shape index (κ2) is 8.33. The van der Waals surface area contributed by atoms with E-state index in [1.54, 1.807) is 0 Å². The van der Waals surface area contributed by atoms with E-state index in [2.05, 4.69) is 5.32 Å². The van der Waals surface area contributed by atoms with Crippen molar-refractivity contribution in [3.8, 4) is 0 Å². The Morgan fingerprint density at radius 3 is 2.67 bits per heavy atom. The van der Waals surface area contributed by atoms with Crippen molar-refractivity contribution in [2.24, 2.45) is 0 Å². The van der Waals surface area contributed by atoms with Crippen LogP contribution >= 0.6 is 23.2 Å². The first-order valence-electron chi connectivity index (χ1n) is 7.57. The Balaban J connectivity index is 1.76. The average Bonchev–Trinajstić information content (AvgIpc) is 2.48. The Morgan fingerprint density at radius 2 is 1.95 bits per heavy atom. The maximum atomic E-state index is 13.5. The fraction of sp³-hybridized carbons (Fsp3) is 0.625. The topological polar surface area (TPSA) is 21.3 Å². The minimum atomic E-state index is -0.442. The number of nitrogens with one attached hydrogen (secondary N) is 1. The second-order valence-electron chi connectivity index (χ2n) is 5.59. The van der Waals surface area contributed by atoms with Gasteiger partial charge in [0.05, 0.1) is 17.7 Å². The molecule has 1 aromatic carbocycles. The summed E-state index contributed by atoms with van der Waals surface area (Å²) >= 11 is 11.8. The molecule has 0 heterocycles. The zero-order valence-electron chi connectivity index (χ0n) is 12.3. The summed E-state index contributed by atoms with van der Waals surface area (Å²) in [5.74, 6) is -0.442. The summed E-state index contributed by atoms with van der Waals surface area (Å²) in [6.45, 7) is 3.34. The van der Waals surface area contributed by atoms with Gasteiger partial charge in [-0.25, -0.2) is 4.39 Å². The van der Waals surface area contributed by atoms with Gasteiger partial charge in [-0.15, -0.1) is 0 Å². The van der Waals surface area contributed by atoms with Crippen LogP contribution in [0.4, 0.5) is 4.39 Å². The van der Waals surface area contributed by atoms with Crippen LogP contribution in [0.2, 0.25) is 10.0 Å². The highest BCUT2D eigenvalue weighted by Gasteiger charge is 2.15. The van der Waals surface area contributed by atoms with Gasteiger partial charge in [-0.05, 0) is 37.5 Å². The van der Waals surface area contributed by atoms with E-state index in [0.29, 0.717) is 17.7 Å². The highest BCUT2D eigenvalue weighted by Crippen LogP contribution is 2.28. The lowest BCUT2D eigenvalue weighted by Crippen LogP contribution is -2.26. The number of ether oxygens (including phenoxy) is 1. The zero-order valence-corrected chi connectivity index (χ0v) is 13.8. The van der Waals surface area contributed by atoms with Gasteiger partial charge in [-0.2, -0.15) is 0 Å². The van der Waals surface area contributed by atoms with Crippen LogP contribution in [-0.2, 0) is 4.74 Å². The van der Waals surface area contributed by atoms with Crippen molar-refractivity contribution in [2.45, 2.75) is 51.2 Å². The molecule has 0 aromatic heterocycles. The first-order chi connectivity index (χ1) is 10.1. The van der Waals surface area contributed by atoms with Crippen LogP contribution in [0, 0.1) is 5.82 Å². The van der Waals surface area contributed by atoms with Gasteiger partial charge >= 0.3 is 0 Å². The van der Waals surface area contributed by atoms with Crippen molar-refractivity contribution in [1.29, 1.82) is 0 Å². The summed E-state index contributed by atoms with van der Waals surface area (Å²) in [6, 6.07) is 2.80. The molecule has 2 rings (SSSR count). The van der Waals surface area contributed by atoms with E-state index in [-0.39, 0.29) is 11.1 Å². The van der Waals surface area contributed by atoms with Gasteiger partial charge in [0, 0.05) is 17.6 Å². The van der Waals surface area contributed by atoms with E-state index in [1.165, 1.54) is 44.2 Å². The monoisotopic (exact) mass is 333 g/mol. The van der Waals surface area contributed by atoms with E-state index >= 15 is 0 Å². The number of halogens is 3. The van der Waals surface area contributed by atoms with Gasteiger partial charge in [-0.1, -0.05) is 42.5 Å². The molecule has 21 heavy (non-hydrogen) atoms. The third-order valence-corrected chi connectivity index (χ3v) is 4.58. The first kappa shape index (κ1) is 17.0. The van der Waals surface area contributed by atoms with Crippen LogP contribution in [0.3, 0.4) is 0 Å². The molecule has 0 saturated heterocycles. The largest absolute Gasteiger partial charge is 0.377 e. The fourth-order valence-corrected chi connectivity index (χ4v) is 3.26. The molecule has 1 unspecified atom stereocenters. The molecule has 0 bridgehead atoms. The molecule has 0 spiro atoms. The molecule has 1 saturated carbocycles. The Kier molecular flexibility index (Phi) is 6.74. The van der Waals surface area contributed by atoms with Crippen LogP contribution in [0.5, 0.6) is 0 Å². The summed E-state index contributed by atoms with van der Waals surface area (Å²) < 4.78 is 19.4. The molecule has 5 heteroatoms. The lowest BCUT2D eigenvalue weighted by molar-refractivity contribution is 0.0295. The highest BCUT2D eigenvalue weighted by atomic mass is 35.5. The Bertz CT molecular complexity index is 464. The van der Waals surface area contributed by atoms with Crippen LogP contribution < -0.4 is 5.32 Å². The fourth-order valence-electron chi connectivity index (χ4n) is 2.71. The summed E-state index contributed by atoms with van der Waals surface area (Å²) in [7, 11) is 0. The molecule has 1 aliphatic rings. The number of hydrogen-bond donors (Lipinski definition) is 1. The number of benzene rings is 1. The van der Waals surface area contributed by atoms with Crippen LogP contribution in [0.1, 0.15) is 50.6 Å². The molecular weight excluding hydrogens is 312 g/mol. The van der Waals surface area contributed by atoms with Crippen molar-refractivity contribution in [2.75, 3.05) is 13.2 Å². The zero-order chi connectivity index (χ0) is 15.2. The van der Waals surface area contributed by atoms with E-state index in [4.69, 9.17) is 27.9 Å². The summed E-state index contributed by atoms with van der Waals surface area (Å²) in [6.07, 6.45) is 6.62. The average molecular weight is 334 g/mol. The Morgan fingerprint density at radius 1 is 1.24 bits per heavy atom.